The molecule has 0 aliphatic heterocycles. The first-order chi connectivity index (χ1) is 13.4. The minimum atomic E-state index is -4.49. The Hall–Kier alpha value is -3.55. The predicted molar refractivity (Wildman–Crippen MR) is 95.4 cm³/mol. The van der Waals surface area contributed by atoms with Crippen molar-refractivity contribution >= 4 is 5.65 Å². The first-order valence-electron chi connectivity index (χ1n) is 8.39. The van der Waals surface area contributed by atoms with E-state index >= 15 is 0 Å². The quantitative estimate of drug-likeness (QED) is 0.511. The summed E-state index contributed by atoms with van der Waals surface area (Å²) in [6, 6.07) is 10.1. The summed E-state index contributed by atoms with van der Waals surface area (Å²) in [5.41, 5.74) is 0.492. The number of rotatable bonds is 3. The fourth-order valence-corrected chi connectivity index (χ4v) is 3.04. The first-order valence-corrected chi connectivity index (χ1v) is 8.39. The smallest absolute Gasteiger partial charge is 0.244 e. The normalized spacial score (nSPS) is 11.7. The van der Waals surface area contributed by atoms with E-state index in [0.29, 0.717) is 11.2 Å². The molecule has 5 nitrogen and oxygen atoms in total. The van der Waals surface area contributed by atoms with E-state index < -0.39 is 17.3 Å². The SMILES string of the molecule is O=c1c(-c2cccc(C(F)(F)F)c2)cn2ccccc2[n+]1Cc1cncnc1. The number of aromatic nitrogens is 4. The number of nitrogens with zero attached hydrogens (tertiary/aromatic N) is 4. The van der Waals surface area contributed by atoms with E-state index in [-0.39, 0.29) is 17.7 Å². The van der Waals surface area contributed by atoms with Crippen molar-refractivity contribution in [3.63, 3.8) is 0 Å². The number of hydrogen-bond donors (Lipinski definition) is 0. The first kappa shape index (κ1) is 17.8. The van der Waals surface area contributed by atoms with Crippen LogP contribution in [0.4, 0.5) is 13.2 Å². The molecule has 3 aromatic heterocycles. The van der Waals surface area contributed by atoms with Crippen LogP contribution in [-0.4, -0.2) is 14.4 Å². The molecule has 0 fully saturated rings. The van der Waals surface area contributed by atoms with Gasteiger partial charge >= 0.3 is 11.7 Å². The highest BCUT2D eigenvalue weighted by Gasteiger charge is 2.31. The molecule has 3 heterocycles. The zero-order valence-electron chi connectivity index (χ0n) is 14.5. The lowest BCUT2D eigenvalue weighted by Gasteiger charge is -2.09. The molecule has 140 valence electrons. The van der Waals surface area contributed by atoms with Gasteiger partial charge < -0.3 is 0 Å². The average Bonchev–Trinajstić information content (AvgIpc) is 2.70. The fraction of sp³-hybridized carbons (Fsp3) is 0.100. The van der Waals surface area contributed by atoms with Gasteiger partial charge in [-0.2, -0.15) is 17.7 Å². The summed E-state index contributed by atoms with van der Waals surface area (Å²) >= 11 is 0. The Morgan fingerprint density at radius 1 is 1.04 bits per heavy atom. The van der Waals surface area contributed by atoms with Crippen LogP contribution in [0.15, 0.2) is 78.4 Å². The third kappa shape index (κ3) is 3.36. The third-order valence-electron chi connectivity index (χ3n) is 4.34. The molecule has 0 bridgehead atoms. The van der Waals surface area contributed by atoms with Crippen molar-refractivity contribution in [3.8, 4) is 11.1 Å². The maximum atomic E-state index is 13.2. The number of halogens is 3. The van der Waals surface area contributed by atoms with Crippen molar-refractivity contribution < 1.29 is 17.7 Å². The molecule has 1 aromatic carbocycles. The molecule has 0 aliphatic rings. The van der Waals surface area contributed by atoms with Gasteiger partial charge in [0.1, 0.15) is 24.6 Å². The molecule has 4 rings (SSSR count). The monoisotopic (exact) mass is 383 g/mol. The third-order valence-corrected chi connectivity index (χ3v) is 4.34. The predicted octanol–water partition coefficient (Wildman–Crippen LogP) is 3.11. The Morgan fingerprint density at radius 2 is 1.82 bits per heavy atom. The second-order valence-corrected chi connectivity index (χ2v) is 6.23. The van der Waals surface area contributed by atoms with Crippen LogP contribution in [0.25, 0.3) is 16.8 Å². The van der Waals surface area contributed by atoms with Gasteiger partial charge in [-0.1, -0.05) is 18.2 Å². The molecule has 0 saturated heterocycles. The molecule has 8 heteroatoms. The van der Waals surface area contributed by atoms with Crippen molar-refractivity contribution in [1.29, 1.82) is 0 Å². The zero-order chi connectivity index (χ0) is 19.7. The minimum absolute atomic E-state index is 0.173. The molecule has 0 aliphatic carbocycles. The van der Waals surface area contributed by atoms with Gasteiger partial charge in [0.25, 0.3) is 5.65 Å². The Balaban J connectivity index is 1.94. The van der Waals surface area contributed by atoms with Gasteiger partial charge in [-0.25, -0.2) is 19.2 Å². The molecule has 0 spiro atoms. The summed E-state index contributed by atoms with van der Waals surface area (Å²) in [5.74, 6) is 0. The number of alkyl halides is 3. The van der Waals surface area contributed by atoms with E-state index in [1.165, 1.54) is 23.0 Å². The van der Waals surface area contributed by atoms with Crippen LogP contribution >= 0.6 is 0 Å². The molecule has 0 unspecified atom stereocenters. The van der Waals surface area contributed by atoms with Gasteiger partial charge in [-0.15, -0.1) is 0 Å². The lowest BCUT2D eigenvalue weighted by Crippen LogP contribution is -2.52. The Kier molecular flexibility index (Phi) is 4.38. The number of fused-ring (bicyclic) bond motifs is 1. The minimum Gasteiger partial charge on any atom is -0.244 e. The van der Waals surface area contributed by atoms with Crippen molar-refractivity contribution in [2.75, 3.05) is 0 Å². The molecule has 0 saturated carbocycles. The number of benzene rings is 1. The summed E-state index contributed by atoms with van der Waals surface area (Å²) in [5, 5.41) is 0. The fourth-order valence-electron chi connectivity index (χ4n) is 3.04. The molecular formula is C20H14F3N4O+. The van der Waals surface area contributed by atoms with Gasteiger partial charge in [0.2, 0.25) is 0 Å². The lowest BCUT2D eigenvalue weighted by atomic mass is 10.1. The summed E-state index contributed by atoms with van der Waals surface area (Å²) in [7, 11) is 0. The van der Waals surface area contributed by atoms with Gasteiger partial charge in [0, 0.05) is 24.0 Å². The van der Waals surface area contributed by atoms with Crippen LogP contribution in [0.1, 0.15) is 11.1 Å². The highest BCUT2D eigenvalue weighted by molar-refractivity contribution is 5.62. The zero-order valence-corrected chi connectivity index (χ0v) is 14.5. The molecule has 0 amide bonds. The van der Waals surface area contributed by atoms with Gasteiger partial charge in [-0.05, 0) is 23.8 Å². The highest BCUT2D eigenvalue weighted by Crippen LogP contribution is 2.31. The van der Waals surface area contributed by atoms with E-state index in [0.717, 1.165) is 12.1 Å². The number of hydrogen-bond acceptors (Lipinski definition) is 3. The second-order valence-electron chi connectivity index (χ2n) is 6.23. The topological polar surface area (TPSA) is 51.1 Å². The van der Waals surface area contributed by atoms with E-state index in [2.05, 4.69) is 9.97 Å². The Labute approximate surface area is 157 Å². The van der Waals surface area contributed by atoms with Gasteiger partial charge in [0.15, 0.2) is 0 Å². The molecule has 28 heavy (non-hydrogen) atoms. The van der Waals surface area contributed by atoms with E-state index in [4.69, 9.17) is 0 Å². The van der Waals surface area contributed by atoms with Crippen LogP contribution in [0.3, 0.4) is 0 Å². The van der Waals surface area contributed by atoms with Crippen molar-refractivity contribution in [2.45, 2.75) is 12.7 Å². The van der Waals surface area contributed by atoms with Crippen LogP contribution < -0.4 is 10.1 Å². The molecule has 4 aromatic rings. The van der Waals surface area contributed by atoms with Crippen LogP contribution in [-0.2, 0) is 12.7 Å². The maximum Gasteiger partial charge on any atom is 0.416 e. The van der Waals surface area contributed by atoms with Gasteiger partial charge in [0.05, 0.1) is 11.8 Å². The van der Waals surface area contributed by atoms with Crippen molar-refractivity contribution in [1.82, 2.24) is 14.4 Å². The molecule has 0 radical (unpaired) electrons. The van der Waals surface area contributed by atoms with E-state index in [1.807, 2.05) is 0 Å². The summed E-state index contributed by atoms with van der Waals surface area (Å²) in [6.07, 6.45) is 3.37. The second kappa shape index (κ2) is 6.88. The standard InChI is InChI=1S/C20H14F3N4O/c21-20(22,23)16-5-3-4-15(8-16)17-12-26-7-2-1-6-18(26)27(19(17)28)11-14-9-24-13-25-10-14/h1-10,12-13H,11H2/q+1. The molecule has 0 atom stereocenters. The largest absolute Gasteiger partial charge is 0.416 e. The van der Waals surface area contributed by atoms with E-state index in [9.17, 15) is 18.0 Å². The lowest BCUT2D eigenvalue weighted by molar-refractivity contribution is -0.679. The number of pyridine rings is 1. The molecule has 0 N–H and O–H groups in total. The maximum absolute atomic E-state index is 13.2. The van der Waals surface area contributed by atoms with Crippen LogP contribution in [0.5, 0.6) is 0 Å². The summed E-state index contributed by atoms with van der Waals surface area (Å²) < 4.78 is 42.5. The van der Waals surface area contributed by atoms with Crippen molar-refractivity contribution in [2.24, 2.45) is 0 Å². The Bertz CT molecular complexity index is 1200. The average molecular weight is 383 g/mol. The highest BCUT2D eigenvalue weighted by atomic mass is 19.4. The van der Waals surface area contributed by atoms with Crippen LogP contribution in [0, 0.1) is 0 Å². The Morgan fingerprint density at radius 3 is 2.57 bits per heavy atom. The van der Waals surface area contributed by atoms with E-state index in [1.54, 1.807) is 47.4 Å². The van der Waals surface area contributed by atoms with Crippen molar-refractivity contribution in [3.05, 3.63) is 95.1 Å². The van der Waals surface area contributed by atoms with Gasteiger partial charge in [-0.3, -0.25) is 0 Å². The summed E-state index contributed by atoms with van der Waals surface area (Å²) in [6.45, 7) is 0.194. The van der Waals surface area contributed by atoms with Crippen LogP contribution in [0.2, 0.25) is 0 Å². The summed E-state index contributed by atoms with van der Waals surface area (Å²) in [4.78, 5) is 21.1. The molecular weight excluding hydrogens is 369 g/mol.